The van der Waals surface area contributed by atoms with E-state index in [0.717, 1.165) is 4.88 Å². The number of benzene rings is 1. The smallest absolute Gasteiger partial charge is 0.123 e. The molecule has 0 radical (unpaired) electrons. The summed E-state index contributed by atoms with van der Waals surface area (Å²) in [7, 11) is 0. The lowest BCUT2D eigenvalue weighted by atomic mass is 10.1. The minimum atomic E-state index is -0.741. The van der Waals surface area contributed by atoms with E-state index in [2.05, 4.69) is 15.9 Å². The van der Waals surface area contributed by atoms with Gasteiger partial charge in [-0.05, 0) is 35.9 Å². The molecule has 0 saturated heterocycles. The van der Waals surface area contributed by atoms with Crippen LogP contribution in [0.2, 0.25) is 4.34 Å². The summed E-state index contributed by atoms with van der Waals surface area (Å²) < 4.78 is 14.5. The summed E-state index contributed by atoms with van der Waals surface area (Å²) in [5.41, 5.74) is 0.550. The zero-order valence-corrected chi connectivity index (χ0v) is 11.8. The molecule has 0 aliphatic carbocycles. The molecule has 17 heavy (non-hydrogen) atoms. The number of aliphatic hydroxyl groups excluding tert-OH is 1. The molecule has 0 aliphatic rings. The first-order valence-electron chi connectivity index (χ1n) is 4.93. The van der Waals surface area contributed by atoms with Gasteiger partial charge >= 0.3 is 0 Å². The van der Waals surface area contributed by atoms with E-state index in [1.54, 1.807) is 12.1 Å². The molecule has 5 heteroatoms. The summed E-state index contributed by atoms with van der Waals surface area (Å²) in [5.74, 6) is -0.355. The molecular weight excluding hydrogens is 327 g/mol. The second-order valence-electron chi connectivity index (χ2n) is 3.59. The molecule has 1 nitrogen and oxygen atoms in total. The molecule has 2 rings (SSSR count). The molecule has 1 unspecified atom stereocenters. The van der Waals surface area contributed by atoms with E-state index >= 15 is 0 Å². The highest BCUT2D eigenvalue weighted by Gasteiger charge is 2.14. The summed E-state index contributed by atoms with van der Waals surface area (Å²) in [5, 5.41) is 10.1. The Morgan fingerprint density at radius 2 is 2.12 bits per heavy atom. The first-order valence-corrected chi connectivity index (χ1v) is 6.92. The molecular formula is C12H9BrClFOS. The van der Waals surface area contributed by atoms with Crippen LogP contribution in [0.15, 0.2) is 34.8 Å². The van der Waals surface area contributed by atoms with Crippen molar-refractivity contribution in [3.63, 3.8) is 0 Å². The first-order chi connectivity index (χ1) is 8.06. The molecule has 1 heterocycles. The molecule has 0 amide bonds. The second kappa shape index (κ2) is 5.48. The van der Waals surface area contributed by atoms with E-state index in [4.69, 9.17) is 11.6 Å². The molecule has 1 atom stereocenters. The van der Waals surface area contributed by atoms with E-state index in [1.807, 2.05) is 6.07 Å². The van der Waals surface area contributed by atoms with Crippen molar-refractivity contribution in [1.29, 1.82) is 0 Å². The Morgan fingerprint density at radius 3 is 2.76 bits per heavy atom. The molecule has 0 aliphatic heterocycles. The molecule has 1 aromatic carbocycles. The fourth-order valence-corrected chi connectivity index (χ4v) is 3.17. The Balaban J connectivity index is 2.19. The molecule has 1 N–H and O–H groups in total. The number of halogens is 3. The van der Waals surface area contributed by atoms with Gasteiger partial charge in [0, 0.05) is 15.8 Å². The van der Waals surface area contributed by atoms with Gasteiger partial charge in [0.15, 0.2) is 0 Å². The fraction of sp³-hybridized carbons (Fsp3) is 0.167. The summed E-state index contributed by atoms with van der Waals surface area (Å²) >= 11 is 10.5. The van der Waals surface area contributed by atoms with Gasteiger partial charge in [-0.3, -0.25) is 0 Å². The van der Waals surface area contributed by atoms with Crippen LogP contribution in [-0.2, 0) is 6.42 Å². The van der Waals surface area contributed by atoms with Gasteiger partial charge in [-0.15, -0.1) is 11.3 Å². The van der Waals surface area contributed by atoms with Crippen LogP contribution >= 0.6 is 38.9 Å². The van der Waals surface area contributed by atoms with E-state index in [1.165, 1.54) is 23.5 Å². The van der Waals surface area contributed by atoms with Crippen LogP contribution in [0.25, 0.3) is 0 Å². The number of hydrogen-bond acceptors (Lipinski definition) is 2. The number of aliphatic hydroxyl groups is 1. The highest BCUT2D eigenvalue weighted by molar-refractivity contribution is 9.10. The topological polar surface area (TPSA) is 20.2 Å². The van der Waals surface area contributed by atoms with Crippen molar-refractivity contribution in [2.24, 2.45) is 0 Å². The maximum Gasteiger partial charge on any atom is 0.123 e. The van der Waals surface area contributed by atoms with Crippen molar-refractivity contribution < 1.29 is 9.50 Å². The van der Waals surface area contributed by atoms with Crippen LogP contribution in [0.1, 0.15) is 16.5 Å². The average molecular weight is 336 g/mol. The third-order valence-corrected chi connectivity index (χ3v) is 4.32. The predicted molar refractivity (Wildman–Crippen MR) is 72.1 cm³/mol. The van der Waals surface area contributed by atoms with E-state index in [-0.39, 0.29) is 5.82 Å². The Morgan fingerprint density at radius 1 is 1.35 bits per heavy atom. The van der Waals surface area contributed by atoms with E-state index in [0.29, 0.717) is 20.8 Å². The lowest BCUT2D eigenvalue weighted by Gasteiger charge is -2.11. The zero-order valence-electron chi connectivity index (χ0n) is 8.66. The van der Waals surface area contributed by atoms with Crippen LogP contribution in [0, 0.1) is 5.82 Å². The highest BCUT2D eigenvalue weighted by Crippen LogP contribution is 2.30. The van der Waals surface area contributed by atoms with Crippen LogP contribution < -0.4 is 0 Å². The fourth-order valence-electron chi connectivity index (χ4n) is 1.53. The van der Waals surface area contributed by atoms with Crippen molar-refractivity contribution >= 4 is 38.9 Å². The van der Waals surface area contributed by atoms with Gasteiger partial charge < -0.3 is 5.11 Å². The first kappa shape index (κ1) is 13.0. The summed E-state index contributed by atoms with van der Waals surface area (Å²) in [6.45, 7) is 0. The quantitative estimate of drug-likeness (QED) is 0.870. The standard InChI is InChI=1S/C12H9BrClFOS/c13-10-3-1-7(15)5-9(10)11(16)6-8-2-4-12(14)17-8/h1-5,11,16H,6H2. The van der Waals surface area contributed by atoms with E-state index < -0.39 is 6.10 Å². The van der Waals surface area contributed by atoms with Crippen LogP contribution in [0.5, 0.6) is 0 Å². The molecule has 0 fully saturated rings. The second-order valence-corrected chi connectivity index (χ2v) is 6.25. The normalized spacial score (nSPS) is 12.7. The van der Waals surface area contributed by atoms with Gasteiger partial charge in [-0.2, -0.15) is 0 Å². The van der Waals surface area contributed by atoms with Crippen LogP contribution in [-0.4, -0.2) is 5.11 Å². The highest BCUT2D eigenvalue weighted by atomic mass is 79.9. The van der Waals surface area contributed by atoms with Crippen molar-refractivity contribution in [3.05, 3.63) is 55.4 Å². The zero-order chi connectivity index (χ0) is 12.4. The van der Waals surface area contributed by atoms with E-state index in [9.17, 15) is 9.50 Å². The summed E-state index contributed by atoms with van der Waals surface area (Å²) in [6, 6.07) is 7.93. The summed E-state index contributed by atoms with van der Waals surface area (Å²) in [6.07, 6.45) is -0.311. The molecule has 90 valence electrons. The van der Waals surface area contributed by atoms with Gasteiger partial charge in [-0.25, -0.2) is 4.39 Å². The molecule has 0 spiro atoms. The SMILES string of the molecule is OC(Cc1ccc(Cl)s1)c1cc(F)ccc1Br. The molecule has 0 saturated carbocycles. The molecule has 0 bridgehead atoms. The third kappa shape index (κ3) is 3.28. The van der Waals surface area contributed by atoms with Gasteiger partial charge in [0.05, 0.1) is 10.4 Å². The monoisotopic (exact) mass is 334 g/mol. The lowest BCUT2D eigenvalue weighted by Crippen LogP contribution is -2.02. The minimum absolute atomic E-state index is 0.355. The average Bonchev–Trinajstić information content (AvgIpc) is 2.67. The number of hydrogen-bond donors (Lipinski definition) is 1. The van der Waals surface area contributed by atoms with Crippen molar-refractivity contribution in [2.75, 3.05) is 0 Å². The van der Waals surface area contributed by atoms with Gasteiger partial charge in [0.1, 0.15) is 5.82 Å². The Labute approximate surface area is 116 Å². The van der Waals surface area contributed by atoms with Gasteiger partial charge in [0.2, 0.25) is 0 Å². The predicted octanol–water partition coefficient (Wildman–Crippen LogP) is 4.58. The summed E-state index contributed by atoms with van der Waals surface area (Å²) in [4.78, 5) is 0.971. The molecule has 2 aromatic rings. The van der Waals surface area contributed by atoms with Crippen LogP contribution in [0.3, 0.4) is 0 Å². The minimum Gasteiger partial charge on any atom is -0.388 e. The van der Waals surface area contributed by atoms with Crippen molar-refractivity contribution in [3.8, 4) is 0 Å². The molecule has 1 aromatic heterocycles. The Hall–Kier alpha value is -0.420. The Kier molecular flexibility index (Phi) is 4.20. The number of thiophene rings is 1. The number of rotatable bonds is 3. The largest absolute Gasteiger partial charge is 0.388 e. The lowest BCUT2D eigenvalue weighted by molar-refractivity contribution is 0.178. The Bertz CT molecular complexity index is 529. The maximum absolute atomic E-state index is 13.1. The van der Waals surface area contributed by atoms with Crippen molar-refractivity contribution in [2.45, 2.75) is 12.5 Å². The van der Waals surface area contributed by atoms with Gasteiger partial charge in [-0.1, -0.05) is 27.5 Å². The van der Waals surface area contributed by atoms with Gasteiger partial charge in [0.25, 0.3) is 0 Å². The van der Waals surface area contributed by atoms with Crippen molar-refractivity contribution in [1.82, 2.24) is 0 Å². The van der Waals surface area contributed by atoms with Crippen LogP contribution in [0.4, 0.5) is 4.39 Å². The maximum atomic E-state index is 13.1. The third-order valence-electron chi connectivity index (χ3n) is 2.34.